The van der Waals surface area contributed by atoms with Crippen molar-refractivity contribution >= 4 is 23.9 Å². The molecule has 2 aromatic rings. The topological polar surface area (TPSA) is 125 Å². The first-order valence-electron chi connectivity index (χ1n) is 10.1. The molecule has 0 aliphatic heterocycles. The molecule has 1 atom stereocenters. The van der Waals surface area contributed by atoms with Gasteiger partial charge in [-0.1, -0.05) is 48.5 Å². The molecule has 0 bridgehead atoms. The first kappa shape index (κ1) is 22.8. The summed E-state index contributed by atoms with van der Waals surface area (Å²) in [5.74, 6) is -2.39. The standard InChI is InChI=1S/C23H25N3O6/c1-14(27)24-12-21(28)25-11-20(22(29)30)26(2)23(31)32-13-19-17-9-5-3-7-15(17)16-8-4-6-10-18(16)19/h3-10,19-20H,11-13H2,1-2H3,(H,24,27)(H,25,28)(H,29,30)/t20-/m0/s1. The zero-order chi connectivity index (χ0) is 23.3. The highest BCUT2D eigenvalue weighted by atomic mass is 16.6. The molecule has 9 heteroatoms. The molecular weight excluding hydrogens is 414 g/mol. The van der Waals surface area contributed by atoms with E-state index < -0.39 is 24.0 Å². The van der Waals surface area contributed by atoms with Crippen LogP contribution in [0.15, 0.2) is 48.5 Å². The Labute approximate surface area is 185 Å². The van der Waals surface area contributed by atoms with Crippen molar-refractivity contribution in [2.75, 3.05) is 26.7 Å². The van der Waals surface area contributed by atoms with Gasteiger partial charge in [0.2, 0.25) is 11.8 Å². The van der Waals surface area contributed by atoms with Gasteiger partial charge in [-0.2, -0.15) is 0 Å². The second kappa shape index (κ2) is 9.95. The molecule has 2 aromatic carbocycles. The first-order chi connectivity index (χ1) is 15.3. The number of amides is 3. The van der Waals surface area contributed by atoms with E-state index >= 15 is 0 Å². The lowest BCUT2D eigenvalue weighted by Crippen LogP contribution is -2.50. The fourth-order valence-electron chi connectivity index (χ4n) is 3.69. The number of nitrogens with one attached hydrogen (secondary N) is 2. The maximum absolute atomic E-state index is 12.6. The average Bonchev–Trinajstić information content (AvgIpc) is 3.09. The minimum absolute atomic E-state index is 0.0540. The summed E-state index contributed by atoms with van der Waals surface area (Å²) in [5, 5.41) is 14.2. The van der Waals surface area contributed by atoms with Crippen LogP contribution < -0.4 is 10.6 Å². The van der Waals surface area contributed by atoms with Crippen molar-refractivity contribution in [3.8, 4) is 11.1 Å². The van der Waals surface area contributed by atoms with Crippen LogP contribution in [0.5, 0.6) is 0 Å². The highest BCUT2D eigenvalue weighted by Gasteiger charge is 2.32. The number of carboxylic acid groups (broad SMARTS) is 1. The summed E-state index contributed by atoms with van der Waals surface area (Å²) in [6.45, 7) is 0.710. The molecule has 0 saturated heterocycles. The van der Waals surface area contributed by atoms with Gasteiger partial charge in [-0.15, -0.1) is 0 Å². The van der Waals surface area contributed by atoms with E-state index in [9.17, 15) is 24.3 Å². The Morgan fingerprint density at radius 1 is 1.00 bits per heavy atom. The summed E-state index contributed by atoms with van der Waals surface area (Å²) in [6, 6.07) is 14.5. The van der Waals surface area contributed by atoms with Crippen LogP contribution >= 0.6 is 0 Å². The van der Waals surface area contributed by atoms with Gasteiger partial charge in [0.05, 0.1) is 6.54 Å². The Kier molecular flexibility index (Phi) is 7.09. The average molecular weight is 439 g/mol. The zero-order valence-electron chi connectivity index (χ0n) is 17.8. The van der Waals surface area contributed by atoms with Crippen LogP contribution in [0, 0.1) is 0 Å². The predicted octanol–water partition coefficient (Wildman–Crippen LogP) is 1.57. The summed E-state index contributed by atoms with van der Waals surface area (Å²) >= 11 is 0. The van der Waals surface area contributed by atoms with Gasteiger partial charge in [0.25, 0.3) is 0 Å². The number of carbonyl (C=O) groups excluding carboxylic acids is 3. The number of hydrogen-bond acceptors (Lipinski definition) is 5. The lowest BCUT2D eigenvalue weighted by molar-refractivity contribution is -0.142. The molecule has 3 N–H and O–H groups in total. The molecule has 168 valence electrons. The Hall–Kier alpha value is -3.88. The maximum Gasteiger partial charge on any atom is 0.410 e. The molecule has 9 nitrogen and oxygen atoms in total. The van der Waals surface area contributed by atoms with Gasteiger partial charge in [-0.05, 0) is 22.3 Å². The molecule has 0 spiro atoms. The summed E-state index contributed by atoms with van der Waals surface area (Å²) in [7, 11) is 1.30. The van der Waals surface area contributed by atoms with Crippen LogP contribution in [0.1, 0.15) is 24.0 Å². The number of ether oxygens (including phenoxy) is 1. The van der Waals surface area contributed by atoms with E-state index in [1.807, 2.05) is 48.5 Å². The molecule has 1 aliphatic rings. The Bertz CT molecular complexity index is 992. The third kappa shape index (κ3) is 5.05. The van der Waals surface area contributed by atoms with Crippen LogP contribution in [-0.2, 0) is 19.1 Å². The van der Waals surface area contributed by atoms with Gasteiger partial charge in [-0.25, -0.2) is 9.59 Å². The number of aliphatic carboxylic acids is 1. The molecule has 0 radical (unpaired) electrons. The fraction of sp³-hybridized carbons (Fsp3) is 0.304. The van der Waals surface area contributed by atoms with Gasteiger partial charge >= 0.3 is 12.1 Å². The number of fused-ring (bicyclic) bond motifs is 3. The van der Waals surface area contributed by atoms with Crippen molar-refractivity contribution in [3.63, 3.8) is 0 Å². The van der Waals surface area contributed by atoms with Crippen LogP contribution in [0.25, 0.3) is 11.1 Å². The quantitative estimate of drug-likeness (QED) is 0.573. The minimum Gasteiger partial charge on any atom is -0.480 e. The van der Waals surface area contributed by atoms with Gasteiger partial charge < -0.3 is 20.5 Å². The Morgan fingerprint density at radius 3 is 2.09 bits per heavy atom. The highest BCUT2D eigenvalue weighted by Crippen LogP contribution is 2.44. The number of hydrogen-bond donors (Lipinski definition) is 3. The van der Waals surface area contributed by atoms with Crippen molar-refractivity contribution in [2.24, 2.45) is 0 Å². The number of carbonyl (C=O) groups is 4. The lowest BCUT2D eigenvalue weighted by Gasteiger charge is -2.25. The third-order valence-corrected chi connectivity index (χ3v) is 5.37. The minimum atomic E-state index is -1.33. The molecule has 0 aromatic heterocycles. The molecular formula is C23H25N3O6. The van der Waals surface area contributed by atoms with Gasteiger partial charge in [0.15, 0.2) is 0 Å². The summed E-state index contributed by atoms with van der Waals surface area (Å²) in [6.07, 6.45) is -0.810. The maximum atomic E-state index is 12.6. The van der Waals surface area contributed by atoms with Crippen LogP contribution in [0.3, 0.4) is 0 Å². The van der Waals surface area contributed by atoms with Gasteiger partial charge in [0, 0.05) is 26.4 Å². The summed E-state index contributed by atoms with van der Waals surface area (Å²) in [5.41, 5.74) is 4.26. The number of benzene rings is 2. The number of nitrogens with zero attached hydrogens (tertiary/aromatic N) is 1. The van der Waals surface area contributed by atoms with E-state index in [0.717, 1.165) is 27.2 Å². The SMILES string of the molecule is CC(=O)NCC(=O)NC[C@@H](C(=O)O)N(C)C(=O)OCC1c2ccccc2-c2ccccc21. The molecule has 3 amide bonds. The summed E-state index contributed by atoms with van der Waals surface area (Å²) in [4.78, 5) is 47.8. The van der Waals surface area contributed by atoms with Crippen molar-refractivity contribution in [1.29, 1.82) is 0 Å². The second-order valence-corrected chi connectivity index (χ2v) is 7.48. The van der Waals surface area contributed by atoms with Crippen molar-refractivity contribution in [1.82, 2.24) is 15.5 Å². The largest absolute Gasteiger partial charge is 0.480 e. The summed E-state index contributed by atoms with van der Waals surface area (Å²) < 4.78 is 5.47. The molecule has 32 heavy (non-hydrogen) atoms. The molecule has 3 rings (SSSR count). The molecule has 1 aliphatic carbocycles. The van der Waals surface area contributed by atoms with Gasteiger partial charge in [0.1, 0.15) is 12.6 Å². The highest BCUT2D eigenvalue weighted by molar-refractivity contribution is 5.85. The number of carboxylic acids is 1. The Balaban J connectivity index is 1.62. The van der Waals surface area contributed by atoms with E-state index in [2.05, 4.69) is 10.6 Å². The lowest BCUT2D eigenvalue weighted by atomic mass is 9.98. The van der Waals surface area contributed by atoms with Crippen LogP contribution in [-0.4, -0.2) is 66.7 Å². The van der Waals surface area contributed by atoms with Crippen molar-refractivity contribution < 1.29 is 29.0 Å². The first-order valence-corrected chi connectivity index (χ1v) is 10.1. The van der Waals surface area contributed by atoms with Crippen molar-refractivity contribution in [2.45, 2.75) is 18.9 Å². The second-order valence-electron chi connectivity index (χ2n) is 7.48. The predicted molar refractivity (Wildman–Crippen MR) is 116 cm³/mol. The molecule has 0 heterocycles. The van der Waals surface area contributed by atoms with Gasteiger partial charge in [-0.3, -0.25) is 14.5 Å². The number of rotatable bonds is 8. The van der Waals surface area contributed by atoms with E-state index in [1.54, 1.807) is 0 Å². The van der Waals surface area contributed by atoms with E-state index in [-0.39, 0.29) is 31.5 Å². The fourth-order valence-corrected chi connectivity index (χ4v) is 3.69. The van der Waals surface area contributed by atoms with E-state index in [1.165, 1.54) is 14.0 Å². The normalized spacial score (nSPS) is 12.8. The smallest absolute Gasteiger partial charge is 0.410 e. The third-order valence-electron chi connectivity index (χ3n) is 5.37. The number of likely N-dealkylation sites (N-methyl/N-ethyl adjacent to an activating group) is 1. The molecule has 0 fully saturated rings. The Morgan fingerprint density at radius 2 is 1.56 bits per heavy atom. The zero-order valence-corrected chi connectivity index (χ0v) is 17.8. The van der Waals surface area contributed by atoms with Crippen LogP contribution in [0.4, 0.5) is 4.79 Å². The molecule has 0 unspecified atom stereocenters. The van der Waals surface area contributed by atoms with Crippen LogP contribution in [0.2, 0.25) is 0 Å². The van der Waals surface area contributed by atoms with Crippen molar-refractivity contribution in [3.05, 3.63) is 59.7 Å². The van der Waals surface area contributed by atoms with E-state index in [0.29, 0.717) is 0 Å². The van der Waals surface area contributed by atoms with E-state index in [4.69, 9.17) is 4.74 Å². The monoisotopic (exact) mass is 439 g/mol. The molecule has 0 saturated carbocycles.